The molecule has 98 valence electrons. The van der Waals surface area contributed by atoms with Crippen LogP contribution in [0.2, 0.25) is 0 Å². The predicted octanol–water partition coefficient (Wildman–Crippen LogP) is 1.76. The van der Waals surface area contributed by atoms with Gasteiger partial charge in [0.15, 0.2) is 9.84 Å². The van der Waals surface area contributed by atoms with E-state index in [4.69, 9.17) is 0 Å². The highest BCUT2D eigenvalue weighted by molar-refractivity contribution is 7.91. The lowest BCUT2D eigenvalue weighted by molar-refractivity contribution is 0.447. The quantitative estimate of drug-likeness (QED) is 0.721. The Balaban J connectivity index is 2.17. The average molecular weight is 270 g/mol. The number of anilines is 1. The molecule has 3 rings (SSSR count). The minimum Gasteiger partial charge on any atom is -0.353 e. The first kappa shape index (κ1) is 11.9. The third-order valence-corrected chi connectivity index (χ3v) is 5.50. The maximum Gasteiger partial charge on any atom is 0.182 e. The summed E-state index contributed by atoms with van der Waals surface area (Å²) in [6.45, 7) is 0.811. The Labute approximate surface area is 106 Å². The molecule has 1 atom stereocenters. The van der Waals surface area contributed by atoms with Crippen molar-refractivity contribution in [1.29, 1.82) is 0 Å². The molecule has 0 aliphatic carbocycles. The minimum atomic E-state index is -3.40. The fourth-order valence-corrected chi connectivity index (χ4v) is 4.38. The Kier molecular flexibility index (Phi) is 2.77. The molecule has 1 fully saturated rings. The van der Waals surface area contributed by atoms with Gasteiger partial charge in [-0.25, -0.2) is 17.8 Å². The summed E-state index contributed by atoms with van der Waals surface area (Å²) in [6.07, 6.45) is 4.87. The summed E-state index contributed by atoms with van der Waals surface area (Å²) in [7, 11) is -3.40. The van der Waals surface area contributed by atoms with E-state index in [1.807, 2.05) is 4.90 Å². The molecule has 0 amide bonds. The molecule has 0 spiro atoms. The second-order valence-corrected chi connectivity index (χ2v) is 7.00. The van der Waals surface area contributed by atoms with Crippen LogP contribution >= 0.6 is 0 Å². The highest BCUT2D eigenvalue weighted by Gasteiger charge is 2.34. The molecule has 0 radical (unpaired) electrons. The standard InChI is InChI=1S/C12H15FN2O2S/c13-9-7-11-12(14-8-9)15-5-2-1-3-10(15)4-6-18(11,16)17/h7-8,10H,1-6H2/t10-/m0/s1. The fourth-order valence-electron chi connectivity index (χ4n) is 2.84. The summed E-state index contributed by atoms with van der Waals surface area (Å²) < 4.78 is 37.6. The van der Waals surface area contributed by atoms with Gasteiger partial charge < -0.3 is 4.90 Å². The number of halogens is 1. The molecule has 6 heteroatoms. The summed E-state index contributed by atoms with van der Waals surface area (Å²) in [5, 5.41) is 0. The molecule has 2 aliphatic rings. The van der Waals surface area contributed by atoms with Crippen LogP contribution in [0.4, 0.5) is 10.2 Å². The summed E-state index contributed by atoms with van der Waals surface area (Å²) in [5.41, 5.74) is 0. The Morgan fingerprint density at radius 1 is 1.33 bits per heavy atom. The van der Waals surface area contributed by atoms with Crippen LogP contribution in [0.5, 0.6) is 0 Å². The van der Waals surface area contributed by atoms with E-state index in [0.717, 1.165) is 38.1 Å². The van der Waals surface area contributed by atoms with Crippen LogP contribution in [0.15, 0.2) is 17.2 Å². The van der Waals surface area contributed by atoms with E-state index in [2.05, 4.69) is 4.98 Å². The number of nitrogens with zero attached hydrogens (tertiary/aromatic N) is 2. The van der Waals surface area contributed by atoms with Crippen LogP contribution in [0, 0.1) is 5.82 Å². The second kappa shape index (κ2) is 4.19. The molecule has 1 aromatic rings. The lowest BCUT2D eigenvalue weighted by Gasteiger charge is -2.35. The average Bonchev–Trinajstić information content (AvgIpc) is 2.46. The van der Waals surface area contributed by atoms with Crippen molar-refractivity contribution in [2.75, 3.05) is 17.2 Å². The van der Waals surface area contributed by atoms with Gasteiger partial charge in [-0.3, -0.25) is 0 Å². The monoisotopic (exact) mass is 270 g/mol. The van der Waals surface area contributed by atoms with Crippen molar-refractivity contribution >= 4 is 15.7 Å². The topological polar surface area (TPSA) is 50.3 Å². The van der Waals surface area contributed by atoms with Crippen molar-refractivity contribution in [3.63, 3.8) is 0 Å². The van der Waals surface area contributed by atoms with Crippen LogP contribution < -0.4 is 4.90 Å². The summed E-state index contributed by atoms with van der Waals surface area (Å²) in [4.78, 5) is 6.14. The maximum atomic E-state index is 13.2. The van der Waals surface area contributed by atoms with Gasteiger partial charge in [-0.1, -0.05) is 0 Å². The largest absolute Gasteiger partial charge is 0.353 e. The van der Waals surface area contributed by atoms with Crippen LogP contribution in [0.3, 0.4) is 0 Å². The molecule has 1 aromatic heterocycles. The van der Waals surface area contributed by atoms with E-state index in [1.165, 1.54) is 0 Å². The van der Waals surface area contributed by atoms with E-state index in [0.29, 0.717) is 12.2 Å². The van der Waals surface area contributed by atoms with Gasteiger partial charge in [-0.15, -0.1) is 0 Å². The van der Waals surface area contributed by atoms with Gasteiger partial charge in [0.05, 0.1) is 11.9 Å². The van der Waals surface area contributed by atoms with Crippen molar-refractivity contribution in [3.05, 3.63) is 18.1 Å². The van der Waals surface area contributed by atoms with E-state index in [1.54, 1.807) is 0 Å². The Bertz CT molecular complexity index is 573. The number of rotatable bonds is 0. The van der Waals surface area contributed by atoms with E-state index in [-0.39, 0.29) is 16.7 Å². The molecule has 18 heavy (non-hydrogen) atoms. The molecule has 0 bridgehead atoms. The Morgan fingerprint density at radius 2 is 2.17 bits per heavy atom. The van der Waals surface area contributed by atoms with E-state index in [9.17, 15) is 12.8 Å². The minimum absolute atomic E-state index is 0.0619. The van der Waals surface area contributed by atoms with Crippen LogP contribution in [0.25, 0.3) is 0 Å². The number of hydrogen-bond acceptors (Lipinski definition) is 4. The molecular formula is C12H15FN2O2S. The van der Waals surface area contributed by atoms with E-state index < -0.39 is 15.7 Å². The van der Waals surface area contributed by atoms with Gasteiger partial charge in [0.1, 0.15) is 16.5 Å². The third kappa shape index (κ3) is 1.88. The second-order valence-electron chi connectivity index (χ2n) is 4.93. The third-order valence-electron chi connectivity index (χ3n) is 3.75. The maximum absolute atomic E-state index is 13.2. The zero-order chi connectivity index (χ0) is 12.8. The normalized spacial score (nSPS) is 26.1. The molecule has 3 heterocycles. The van der Waals surface area contributed by atoms with Gasteiger partial charge in [-0.05, 0) is 31.7 Å². The molecule has 1 saturated heterocycles. The highest BCUT2D eigenvalue weighted by atomic mass is 32.2. The van der Waals surface area contributed by atoms with Crippen molar-refractivity contribution in [1.82, 2.24) is 4.98 Å². The molecule has 4 nitrogen and oxygen atoms in total. The molecular weight excluding hydrogens is 255 g/mol. The molecule has 0 unspecified atom stereocenters. The number of hydrogen-bond donors (Lipinski definition) is 0. The van der Waals surface area contributed by atoms with Crippen molar-refractivity contribution in [2.45, 2.75) is 36.6 Å². The molecule has 0 aromatic carbocycles. The Hall–Kier alpha value is -1.17. The van der Waals surface area contributed by atoms with Crippen LogP contribution in [-0.4, -0.2) is 31.7 Å². The summed E-state index contributed by atoms with van der Waals surface area (Å²) in [5.74, 6) is -0.0573. The molecule has 0 saturated carbocycles. The number of sulfone groups is 1. The van der Waals surface area contributed by atoms with E-state index >= 15 is 0 Å². The molecule has 0 N–H and O–H groups in total. The first-order chi connectivity index (χ1) is 8.58. The van der Waals surface area contributed by atoms with Crippen molar-refractivity contribution in [3.8, 4) is 0 Å². The van der Waals surface area contributed by atoms with Gasteiger partial charge in [0.2, 0.25) is 0 Å². The van der Waals surface area contributed by atoms with Gasteiger partial charge in [0, 0.05) is 12.6 Å². The first-order valence-electron chi connectivity index (χ1n) is 6.23. The van der Waals surface area contributed by atoms with Crippen molar-refractivity contribution in [2.24, 2.45) is 0 Å². The van der Waals surface area contributed by atoms with Gasteiger partial charge >= 0.3 is 0 Å². The SMILES string of the molecule is O=S1(=O)CC[C@@H]2CCCCN2c2ncc(F)cc21. The van der Waals surface area contributed by atoms with Crippen molar-refractivity contribution < 1.29 is 12.8 Å². The zero-order valence-corrected chi connectivity index (χ0v) is 10.8. The molecule has 2 aliphatic heterocycles. The fraction of sp³-hybridized carbons (Fsp3) is 0.583. The first-order valence-corrected chi connectivity index (χ1v) is 7.88. The van der Waals surface area contributed by atoms with Crippen LogP contribution in [0.1, 0.15) is 25.7 Å². The number of fused-ring (bicyclic) bond motifs is 3. The van der Waals surface area contributed by atoms with Gasteiger partial charge in [0.25, 0.3) is 0 Å². The number of piperidine rings is 1. The van der Waals surface area contributed by atoms with Gasteiger partial charge in [-0.2, -0.15) is 0 Å². The predicted molar refractivity (Wildman–Crippen MR) is 65.8 cm³/mol. The lowest BCUT2D eigenvalue weighted by Crippen LogP contribution is -2.39. The smallest absolute Gasteiger partial charge is 0.182 e. The lowest BCUT2D eigenvalue weighted by atomic mass is 10.00. The Morgan fingerprint density at radius 3 is 3.00 bits per heavy atom. The highest BCUT2D eigenvalue weighted by Crippen LogP contribution is 2.34. The number of pyridine rings is 1. The summed E-state index contributed by atoms with van der Waals surface area (Å²) >= 11 is 0. The zero-order valence-electron chi connectivity index (χ0n) is 9.97. The summed E-state index contributed by atoms with van der Waals surface area (Å²) in [6, 6.07) is 1.34. The number of aromatic nitrogens is 1. The van der Waals surface area contributed by atoms with Crippen LogP contribution in [-0.2, 0) is 9.84 Å².